The number of nitrogens with zero attached hydrogens (tertiary/aromatic N) is 3. The topological polar surface area (TPSA) is 39.5 Å². The molecule has 2 aliphatic rings. The van der Waals surface area contributed by atoms with E-state index in [2.05, 4.69) is 35.7 Å². The van der Waals surface area contributed by atoms with E-state index in [0.29, 0.717) is 0 Å². The number of thiol groups is 1. The zero-order valence-electron chi connectivity index (χ0n) is 12.1. The number of pyridine rings is 1. The van der Waals surface area contributed by atoms with Crippen LogP contribution in [0.1, 0.15) is 18.4 Å². The Labute approximate surface area is 129 Å². The monoisotopic (exact) mass is 305 g/mol. The Hall–Kier alpha value is -1.24. The molecule has 4 heterocycles. The molecule has 2 aromatic rings. The molecule has 2 aromatic heterocycles. The van der Waals surface area contributed by atoms with Gasteiger partial charge < -0.3 is 14.4 Å². The minimum atomic E-state index is -0.321. The highest BCUT2D eigenvalue weighted by atomic mass is 32.1. The molecular weight excluding hydrogens is 286 g/mol. The van der Waals surface area contributed by atoms with Crippen molar-refractivity contribution in [3.05, 3.63) is 24.0 Å². The largest absolute Gasteiger partial charge is 0.370 e. The fraction of sp³-hybridized carbons (Fsp3) is 0.533. The van der Waals surface area contributed by atoms with Crippen molar-refractivity contribution < 1.29 is 9.47 Å². The van der Waals surface area contributed by atoms with Gasteiger partial charge in [-0.05, 0) is 18.6 Å². The summed E-state index contributed by atoms with van der Waals surface area (Å²) in [5.41, 5.74) is 3.28. The highest BCUT2D eigenvalue weighted by Gasteiger charge is 2.39. The number of fused-ring (bicyclic) bond motifs is 1. The number of anilines is 1. The molecule has 21 heavy (non-hydrogen) atoms. The lowest BCUT2D eigenvalue weighted by Gasteiger charge is -2.38. The van der Waals surface area contributed by atoms with E-state index in [1.165, 1.54) is 5.56 Å². The van der Waals surface area contributed by atoms with Crippen LogP contribution in [0.5, 0.6) is 0 Å². The van der Waals surface area contributed by atoms with Gasteiger partial charge in [-0.25, -0.2) is 4.98 Å². The lowest BCUT2D eigenvalue weighted by Crippen LogP contribution is -2.45. The Morgan fingerprint density at radius 3 is 2.67 bits per heavy atom. The zero-order chi connectivity index (χ0) is 14.4. The first-order chi connectivity index (χ1) is 10.2. The summed E-state index contributed by atoms with van der Waals surface area (Å²) >= 11 is 4.39. The third-order valence-corrected chi connectivity index (χ3v) is 4.82. The first-order valence-corrected chi connectivity index (χ1v) is 7.77. The van der Waals surface area contributed by atoms with E-state index < -0.39 is 0 Å². The summed E-state index contributed by atoms with van der Waals surface area (Å²) in [5, 5.41) is 1.16. The molecule has 0 unspecified atom stereocenters. The van der Waals surface area contributed by atoms with Crippen molar-refractivity contribution in [3.8, 4) is 0 Å². The maximum absolute atomic E-state index is 5.78. The van der Waals surface area contributed by atoms with E-state index in [0.717, 1.165) is 55.9 Å². The van der Waals surface area contributed by atoms with Gasteiger partial charge in [0.05, 0.1) is 25.1 Å². The van der Waals surface area contributed by atoms with E-state index in [1.54, 1.807) is 3.97 Å². The number of hydrogen-bond acceptors (Lipinski definition) is 5. The van der Waals surface area contributed by atoms with E-state index in [4.69, 9.17) is 9.47 Å². The lowest BCUT2D eigenvalue weighted by atomic mass is 10.0. The van der Waals surface area contributed by atoms with Gasteiger partial charge in [0.15, 0.2) is 5.79 Å². The Bertz CT molecular complexity index is 669. The second-order valence-corrected chi connectivity index (χ2v) is 6.25. The average molecular weight is 305 g/mol. The number of ether oxygens (including phenoxy) is 2. The van der Waals surface area contributed by atoms with Crippen LogP contribution in [0.25, 0.3) is 11.0 Å². The highest BCUT2D eigenvalue weighted by Crippen LogP contribution is 2.34. The molecule has 4 rings (SSSR count). The van der Waals surface area contributed by atoms with Crippen LogP contribution < -0.4 is 4.90 Å². The number of rotatable bonds is 1. The molecule has 0 saturated carbocycles. The number of hydrogen-bond donors (Lipinski definition) is 1. The minimum absolute atomic E-state index is 0.321. The average Bonchev–Trinajstić information content (AvgIpc) is 3.06. The van der Waals surface area contributed by atoms with E-state index in [1.807, 2.05) is 12.4 Å². The predicted octanol–water partition coefficient (Wildman–Crippen LogP) is 2.38. The molecule has 112 valence electrons. The summed E-state index contributed by atoms with van der Waals surface area (Å²) < 4.78 is 13.3. The van der Waals surface area contributed by atoms with Gasteiger partial charge in [0, 0.05) is 37.5 Å². The zero-order valence-corrected chi connectivity index (χ0v) is 13.0. The van der Waals surface area contributed by atoms with Gasteiger partial charge in [0.1, 0.15) is 5.65 Å². The van der Waals surface area contributed by atoms with E-state index in [-0.39, 0.29) is 5.79 Å². The molecule has 1 spiro atoms. The number of aryl methyl sites for hydroxylation is 1. The SMILES string of the molecule is Cc1cn(S)c2ncc(N3CCC4(CC3)OCCO4)cc12. The van der Waals surface area contributed by atoms with Crippen molar-refractivity contribution in [2.24, 2.45) is 0 Å². The molecule has 2 fully saturated rings. The van der Waals surface area contributed by atoms with Crippen LogP contribution in [0, 0.1) is 6.92 Å². The smallest absolute Gasteiger partial charge is 0.171 e. The molecular formula is C15H19N3O2S. The Kier molecular flexibility index (Phi) is 3.13. The fourth-order valence-corrected chi connectivity index (χ4v) is 3.63. The minimum Gasteiger partial charge on any atom is -0.370 e. The molecule has 0 atom stereocenters. The Morgan fingerprint density at radius 2 is 1.95 bits per heavy atom. The van der Waals surface area contributed by atoms with Crippen LogP contribution in [0.4, 0.5) is 5.69 Å². The van der Waals surface area contributed by atoms with Gasteiger partial charge in [-0.1, -0.05) is 12.8 Å². The molecule has 2 saturated heterocycles. The van der Waals surface area contributed by atoms with Crippen LogP contribution in [-0.2, 0) is 9.47 Å². The van der Waals surface area contributed by atoms with Crippen LogP contribution in [0.3, 0.4) is 0 Å². The molecule has 0 radical (unpaired) electrons. The van der Waals surface area contributed by atoms with Crippen LogP contribution >= 0.6 is 12.8 Å². The van der Waals surface area contributed by atoms with Crippen LogP contribution in [0.15, 0.2) is 18.5 Å². The van der Waals surface area contributed by atoms with Gasteiger partial charge in [-0.15, -0.1) is 0 Å². The lowest BCUT2D eigenvalue weighted by molar-refractivity contribution is -0.169. The first-order valence-electron chi connectivity index (χ1n) is 7.37. The van der Waals surface area contributed by atoms with Crippen molar-refractivity contribution in [2.45, 2.75) is 25.6 Å². The van der Waals surface area contributed by atoms with Gasteiger partial charge in [0.2, 0.25) is 0 Å². The summed E-state index contributed by atoms with van der Waals surface area (Å²) in [5.74, 6) is -0.321. The highest BCUT2D eigenvalue weighted by molar-refractivity contribution is 7.78. The maximum atomic E-state index is 5.78. The molecule has 2 aliphatic heterocycles. The Morgan fingerprint density at radius 1 is 1.24 bits per heavy atom. The second-order valence-electron chi connectivity index (χ2n) is 5.82. The number of aromatic nitrogens is 2. The van der Waals surface area contributed by atoms with E-state index in [9.17, 15) is 0 Å². The Balaban J connectivity index is 1.58. The predicted molar refractivity (Wildman–Crippen MR) is 84.9 cm³/mol. The molecule has 0 bridgehead atoms. The third-order valence-electron chi connectivity index (χ3n) is 4.51. The van der Waals surface area contributed by atoms with Crippen molar-refractivity contribution in [3.63, 3.8) is 0 Å². The van der Waals surface area contributed by atoms with Gasteiger partial charge >= 0.3 is 0 Å². The number of piperidine rings is 1. The summed E-state index contributed by atoms with van der Waals surface area (Å²) in [7, 11) is 0. The van der Waals surface area contributed by atoms with Gasteiger partial charge in [-0.3, -0.25) is 3.97 Å². The molecule has 5 nitrogen and oxygen atoms in total. The van der Waals surface area contributed by atoms with Gasteiger partial charge in [-0.2, -0.15) is 0 Å². The van der Waals surface area contributed by atoms with Crippen molar-refractivity contribution >= 4 is 29.5 Å². The summed E-state index contributed by atoms with van der Waals surface area (Å²) in [4.78, 5) is 6.91. The summed E-state index contributed by atoms with van der Waals surface area (Å²) in [6.45, 7) is 5.41. The van der Waals surface area contributed by atoms with Crippen molar-refractivity contribution in [2.75, 3.05) is 31.2 Å². The molecule has 0 aliphatic carbocycles. The fourth-order valence-electron chi connectivity index (χ4n) is 3.30. The van der Waals surface area contributed by atoms with Crippen molar-refractivity contribution in [1.82, 2.24) is 8.96 Å². The normalized spacial score (nSPS) is 21.5. The molecule has 0 amide bonds. The van der Waals surface area contributed by atoms with Crippen LogP contribution in [0.2, 0.25) is 0 Å². The summed E-state index contributed by atoms with van der Waals surface area (Å²) in [6.07, 6.45) is 5.76. The first kappa shape index (κ1) is 13.4. The van der Waals surface area contributed by atoms with E-state index >= 15 is 0 Å². The molecule has 6 heteroatoms. The quantitative estimate of drug-likeness (QED) is 0.821. The molecule has 0 N–H and O–H groups in total. The maximum Gasteiger partial charge on any atom is 0.171 e. The molecule has 0 aromatic carbocycles. The third kappa shape index (κ3) is 2.22. The second kappa shape index (κ2) is 4.90. The van der Waals surface area contributed by atoms with Gasteiger partial charge in [0.25, 0.3) is 0 Å². The van der Waals surface area contributed by atoms with Crippen molar-refractivity contribution in [1.29, 1.82) is 0 Å². The van der Waals surface area contributed by atoms with Crippen LogP contribution in [-0.4, -0.2) is 41.0 Å². The standard InChI is InChI=1S/C15H19N3O2S/c1-11-10-18(21)14-13(11)8-12(9-16-14)17-4-2-15(3-5-17)19-6-7-20-15/h8-10,21H,2-7H2,1H3. The summed E-state index contributed by atoms with van der Waals surface area (Å²) in [6, 6.07) is 2.21.